The molecule has 12 heteroatoms. The van der Waals surface area contributed by atoms with Crippen molar-refractivity contribution in [2.24, 2.45) is 5.92 Å². The summed E-state index contributed by atoms with van der Waals surface area (Å²) in [7, 11) is 0. The van der Waals surface area contributed by atoms with E-state index in [1.807, 2.05) is 0 Å². The van der Waals surface area contributed by atoms with Crippen LogP contribution in [-0.4, -0.2) is 30.8 Å². The predicted octanol–water partition coefficient (Wildman–Crippen LogP) is 4.13. The highest BCUT2D eigenvalue weighted by Gasteiger charge is 2.34. The Morgan fingerprint density at radius 2 is 1.81 bits per heavy atom. The number of nitrogens with one attached hydrogen (secondary N) is 1. The van der Waals surface area contributed by atoms with E-state index in [9.17, 15) is 22.8 Å². The first-order valence-corrected chi connectivity index (χ1v) is 10.9. The van der Waals surface area contributed by atoms with Gasteiger partial charge in [0.2, 0.25) is 17.1 Å². The molecule has 9 nitrogen and oxygen atoms in total. The van der Waals surface area contributed by atoms with E-state index in [1.165, 1.54) is 25.1 Å². The third-order valence-corrected chi connectivity index (χ3v) is 5.36. The largest absolute Gasteiger partial charge is 0.418 e. The van der Waals surface area contributed by atoms with Crippen LogP contribution in [0.25, 0.3) is 17.1 Å². The molecular formula is C24H21F3N6O3. The molecule has 1 amide bonds. The Hall–Kier alpha value is -4.35. The molecule has 1 N–H and O–H groups in total. The molecule has 1 aromatic carbocycles. The Labute approximate surface area is 203 Å². The summed E-state index contributed by atoms with van der Waals surface area (Å²) < 4.78 is 47.0. The molecule has 0 spiro atoms. The number of pyridine rings is 1. The molecule has 0 saturated heterocycles. The number of hydrogen-bond acceptors (Lipinski definition) is 7. The molecule has 4 aromatic rings. The van der Waals surface area contributed by atoms with Crippen LogP contribution >= 0.6 is 0 Å². The number of rotatable bonds is 6. The number of alkyl halides is 3. The molecule has 1 unspecified atom stereocenters. The smallest absolute Gasteiger partial charge is 0.338 e. The number of carbonyl (C=O) groups excluding carboxylic acids is 1. The van der Waals surface area contributed by atoms with Crippen LogP contribution in [0.15, 0.2) is 64.2 Å². The van der Waals surface area contributed by atoms with Crippen molar-refractivity contribution in [1.29, 1.82) is 0 Å². The minimum absolute atomic E-state index is 0.0972. The summed E-state index contributed by atoms with van der Waals surface area (Å²) in [5.41, 5.74) is -1.79. The van der Waals surface area contributed by atoms with Crippen LogP contribution in [0.3, 0.4) is 0 Å². The maximum Gasteiger partial charge on any atom is 0.418 e. The number of para-hydroxylation sites is 1. The van der Waals surface area contributed by atoms with Gasteiger partial charge in [-0.1, -0.05) is 31.1 Å². The Kier molecular flexibility index (Phi) is 6.69. The monoisotopic (exact) mass is 498 g/mol. The standard InChI is InChI=1S/C24H21F3N6O3/c1-13(2)19(23-30-21(32-36-23)15-8-10-28-11-9-15)29-22(35)20-18(34)12-14(3)33(31-20)17-7-5-4-6-16(17)24(25,26)27/h4-13,19H,1-3H3,(H,29,35). The lowest BCUT2D eigenvalue weighted by Crippen LogP contribution is -2.36. The Morgan fingerprint density at radius 3 is 2.47 bits per heavy atom. The second-order valence-corrected chi connectivity index (χ2v) is 8.31. The SMILES string of the molecule is Cc1cc(=O)c(C(=O)NC(c2nc(-c3ccncc3)no2)C(C)C)nn1-c1ccccc1C(F)(F)F. The lowest BCUT2D eigenvalue weighted by atomic mass is 10.0. The minimum Gasteiger partial charge on any atom is -0.338 e. The first-order chi connectivity index (χ1) is 17.1. The fourth-order valence-corrected chi connectivity index (χ4v) is 3.55. The minimum atomic E-state index is -4.66. The molecule has 0 bridgehead atoms. The van der Waals surface area contributed by atoms with Gasteiger partial charge in [-0.15, -0.1) is 0 Å². The van der Waals surface area contributed by atoms with Gasteiger partial charge in [0.05, 0.1) is 11.3 Å². The average Bonchev–Trinajstić information content (AvgIpc) is 3.32. The maximum absolute atomic E-state index is 13.6. The van der Waals surface area contributed by atoms with Crippen molar-refractivity contribution in [3.8, 4) is 17.1 Å². The highest BCUT2D eigenvalue weighted by atomic mass is 19.4. The molecule has 186 valence electrons. The fourth-order valence-electron chi connectivity index (χ4n) is 3.55. The molecule has 0 aliphatic rings. The Bertz CT molecular complexity index is 1450. The summed E-state index contributed by atoms with van der Waals surface area (Å²) >= 11 is 0. The van der Waals surface area contributed by atoms with E-state index in [0.29, 0.717) is 5.56 Å². The third-order valence-electron chi connectivity index (χ3n) is 5.36. The summed E-state index contributed by atoms with van der Waals surface area (Å²) in [5.74, 6) is -0.745. The van der Waals surface area contributed by atoms with Gasteiger partial charge in [0.25, 0.3) is 5.91 Å². The number of hydrogen-bond donors (Lipinski definition) is 1. The van der Waals surface area contributed by atoms with Crippen LogP contribution in [-0.2, 0) is 6.18 Å². The van der Waals surface area contributed by atoms with E-state index in [4.69, 9.17) is 4.52 Å². The maximum atomic E-state index is 13.6. The molecule has 0 aliphatic carbocycles. The van der Waals surface area contributed by atoms with Crippen molar-refractivity contribution in [1.82, 2.24) is 30.2 Å². The molecule has 3 aromatic heterocycles. The van der Waals surface area contributed by atoms with Crippen LogP contribution < -0.4 is 10.7 Å². The number of benzene rings is 1. The van der Waals surface area contributed by atoms with Gasteiger partial charge >= 0.3 is 6.18 Å². The van der Waals surface area contributed by atoms with Crippen LogP contribution in [0, 0.1) is 12.8 Å². The van der Waals surface area contributed by atoms with Crippen molar-refractivity contribution in [3.63, 3.8) is 0 Å². The van der Waals surface area contributed by atoms with Crippen molar-refractivity contribution in [2.45, 2.75) is 33.0 Å². The molecule has 0 fully saturated rings. The predicted molar refractivity (Wildman–Crippen MR) is 122 cm³/mol. The van der Waals surface area contributed by atoms with Gasteiger partial charge in [-0.05, 0) is 37.1 Å². The average molecular weight is 498 g/mol. The van der Waals surface area contributed by atoms with Gasteiger partial charge in [-0.2, -0.15) is 23.3 Å². The first-order valence-electron chi connectivity index (χ1n) is 10.9. The number of nitrogens with zero attached hydrogens (tertiary/aromatic N) is 5. The molecule has 36 heavy (non-hydrogen) atoms. The summed E-state index contributed by atoms with van der Waals surface area (Å²) in [6, 6.07) is 8.42. The van der Waals surface area contributed by atoms with Crippen LogP contribution in [0.4, 0.5) is 13.2 Å². The van der Waals surface area contributed by atoms with E-state index >= 15 is 0 Å². The van der Waals surface area contributed by atoms with Crippen LogP contribution in [0.2, 0.25) is 0 Å². The molecule has 0 aliphatic heterocycles. The van der Waals surface area contributed by atoms with Gasteiger partial charge < -0.3 is 9.84 Å². The molecule has 0 radical (unpaired) electrons. The van der Waals surface area contributed by atoms with Gasteiger partial charge in [0, 0.05) is 29.7 Å². The number of carbonyl (C=O) groups is 1. The van der Waals surface area contributed by atoms with Gasteiger partial charge in [0.15, 0.2) is 5.69 Å². The molecule has 4 rings (SSSR count). The van der Waals surface area contributed by atoms with Crippen molar-refractivity contribution in [2.75, 3.05) is 0 Å². The van der Waals surface area contributed by atoms with E-state index in [1.54, 1.807) is 38.4 Å². The zero-order chi connectivity index (χ0) is 26.0. The Morgan fingerprint density at radius 1 is 1.11 bits per heavy atom. The molecule has 1 atom stereocenters. The highest BCUT2D eigenvalue weighted by Crippen LogP contribution is 2.33. The quantitative estimate of drug-likeness (QED) is 0.425. The number of aryl methyl sites for hydroxylation is 1. The van der Waals surface area contributed by atoms with Gasteiger partial charge in [0.1, 0.15) is 6.04 Å². The number of amides is 1. The highest BCUT2D eigenvalue weighted by molar-refractivity contribution is 5.92. The second kappa shape index (κ2) is 9.72. The summed E-state index contributed by atoms with van der Waals surface area (Å²) in [4.78, 5) is 34.0. The van der Waals surface area contributed by atoms with Crippen molar-refractivity contribution in [3.05, 3.63) is 87.9 Å². The van der Waals surface area contributed by atoms with E-state index < -0.39 is 34.8 Å². The second-order valence-electron chi connectivity index (χ2n) is 8.31. The Balaban J connectivity index is 1.68. The summed E-state index contributed by atoms with van der Waals surface area (Å²) in [6.07, 6.45) is -1.53. The van der Waals surface area contributed by atoms with E-state index in [2.05, 4.69) is 25.5 Å². The van der Waals surface area contributed by atoms with E-state index in [0.717, 1.165) is 16.8 Å². The van der Waals surface area contributed by atoms with Crippen LogP contribution in [0.5, 0.6) is 0 Å². The summed E-state index contributed by atoms with van der Waals surface area (Å²) in [5, 5.41) is 10.6. The van der Waals surface area contributed by atoms with Crippen molar-refractivity contribution >= 4 is 5.91 Å². The number of aromatic nitrogens is 5. The first kappa shape index (κ1) is 24.8. The zero-order valence-electron chi connectivity index (χ0n) is 19.4. The lowest BCUT2D eigenvalue weighted by molar-refractivity contribution is -0.137. The number of halogens is 3. The molecular weight excluding hydrogens is 477 g/mol. The topological polar surface area (TPSA) is 116 Å². The summed E-state index contributed by atoms with van der Waals surface area (Å²) in [6.45, 7) is 5.02. The molecule has 3 heterocycles. The fraction of sp³-hybridized carbons (Fsp3) is 0.250. The van der Waals surface area contributed by atoms with Crippen molar-refractivity contribution < 1.29 is 22.5 Å². The normalized spacial score (nSPS) is 12.5. The van der Waals surface area contributed by atoms with E-state index in [-0.39, 0.29) is 29.0 Å². The third kappa shape index (κ3) is 5.02. The van der Waals surface area contributed by atoms with Gasteiger partial charge in [-0.25, -0.2) is 4.68 Å². The molecule has 0 saturated carbocycles. The van der Waals surface area contributed by atoms with Gasteiger partial charge in [-0.3, -0.25) is 14.6 Å². The lowest BCUT2D eigenvalue weighted by Gasteiger charge is -2.19. The van der Waals surface area contributed by atoms with Crippen LogP contribution in [0.1, 0.15) is 47.5 Å². The zero-order valence-corrected chi connectivity index (χ0v) is 19.4.